The molecule has 3 aromatic heterocycles. The summed E-state index contributed by atoms with van der Waals surface area (Å²) in [4.78, 5) is 45.6. The van der Waals surface area contributed by atoms with E-state index in [4.69, 9.17) is 32.9 Å². The molecular formula is C36H33Cl2N7O4. The highest BCUT2D eigenvalue weighted by Gasteiger charge is 2.23. The number of carbonyl (C=O) groups is 2. The molecule has 2 fully saturated rings. The van der Waals surface area contributed by atoms with Crippen LogP contribution < -0.4 is 31.6 Å². The summed E-state index contributed by atoms with van der Waals surface area (Å²) < 4.78 is 7.13. The van der Waals surface area contributed by atoms with Crippen molar-refractivity contribution in [3.63, 3.8) is 0 Å². The van der Waals surface area contributed by atoms with Crippen molar-refractivity contribution in [1.82, 2.24) is 35.6 Å². The molecular weight excluding hydrogens is 665 g/mol. The Morgan fingerprint density at radius 2 is 1.43 bits per heavy atom. The van der Waals surface area contributed by atoms with Crippen LogP contribution in [-0.2, 0) is 22.7 Å². The van der Waals surface area contributed by atoms with Gasteiger partial charge in [0.25, 0.3) is 5.56 Å². The minimum Gasteiger partial charge on any atom is -0.481 e. The van der Waals surface area contributed by atoms with Gasteiger partial charge >= 0.3 is 0 Å². The lowest BCUT2D eigenvalue weighted by molar-refractivity contribution is -0.120. The molecule has 2 aromatic carbocycles. The second kappa shape index (κ2) is 14.0. The number of halogens is 2. The predicted octanol–water partition coefficient (Wildman–Crippen LogP) is 4.36. The van der Waals surface area contributed by atoms with Crippen LogP contribution in [0.15, 0.2) is 77.9 Å². The summed E-state index contributed by atoms with van der Waals surface area (Å²) in [5.74, 6) is 0.515. The lowest BCUT2D eigenvalue weighted by Gasteiger charge is -2.16. The van der Waals surface area contributed by atoms with Crippen LogP contribution in [0.2, 0.25) is 10.0 Å². The van der Waals surface area contributed by atoms with E-state index in [1.54, 1.807) is 19.5 Å². The van der Waals surface area contributed by atoms with Gasteiger partial charge in [0.05, 0.1) is 28.4 Å². The number of aromatic nitrogens is 3. The maximum absolute atomic E-state index is 13.2. The number of benzene rings is 2. The van der Waals surface area contributed by atoms with Gasteiger partial charge in [0.2, 0.25) is 17.7 Å². The number of pyridine rings is 2. The predicted molar refractivity (Wildman–Crippen MR) is 189 cm³/mol. The number of carbonyl (C=O) groups excluding carboxylic acids is 2. The molecule has 0 radical (unpaired) electrons. The SMILES string of the molecule is COc1nc(-c2cccc(-c3cccc(-c4ccn5c(=O)c(CN[C@H]6CNC(=O)C6)cnc5c4)c3Cl)c2Cl)ccc1CN[C@H]1CNC(=O)C1. The first-order chi connectivity index (χ1) is 23.8. The molecule has 2 saturated heterocycles. The van der Waals surface area contributed by atoms with Crippen LogP contribution >= 0.6 is 23.2 Å². The zero-order valence-electron chi connectivity index (χ0n) is 26.6. The lowest BCUT2D eigenvalue weighted by atomic mass is 9.97. The molecule has 0 saturated carbocycles. The number of amides is 2. The molecule has 11 nitrogen and oxygen atoms in total. The molecule has 13 heteroatoms. The average molecular weight is 699 g/mol. The maximum Gasteiger partial charge on any atom is 0.262 e. The standard InChI is InChI=1S/C36H33Cl2N7O4/c1-49-35-21(15-39-23-13-31(46)42-18-23)8-9-29(44-35)28-7-3-6-27(34(28)38)26-5-2-4-25(33(26)37)20-10-11-45-30(12-20)41-17-22(36(45)48)16-40-24-14-32(47)43-19-24/h2-12,17,23-24,39-40H,13-16,18-19H2,1H3,(H,42,46)(H,43,47)/t23-,24-/m1/s1. The Morgan fingerprint density at radius 1 is 0.816 bits per heavy atom. The molecule has 2 aliphatic rings. The molecule has 0 spiro atoms. The fourth-order valence-corrected chi connectivity index (χ4v) is 6.90. The van der Waals surface area contributed by atoms with E-state index in [9.17, 15) is 14.4 Å². The number of methoxy groups -OCH3 is 1. The van der Waals surface area contributed by atoms with E-state index in [0.29, 0.717) is 71.9 Å². The summed E-state index contributed by atoms with van der Waals surface area (Å²) in [6, 6.07) is 19.0. The number of ether oxygens (including phenoxy) is 1. The van der Waals surface area contributed by atoms with Crippen molar-refractivity contribution in [3.8, 4) is 39.4 Å². The van der Waals surface area contributed by atoms with Gasteiger partial charge in [-0.2, -0.15) is 0 Å². The normalized spacial score (nSPS) is 17.4. The third-order valence-corrected chi connectivity index (χ3v) is 9.72. The molecule has 250 valence electrons. The highest BCUT2D eigenvalue weighted by atomic mass is 35.5. The summed E-state index contributed by atoms with van der Waals surface area (Å²) in [7, 11) is 1.58. The summed E-state index contributed by atoms with van der Waals surface area (Å²) >= 11 is 14.1. The number of hydrogen-bond acceptors (Lipinski definition) is 8. The number of rotatable bonds is 10. The topological polar surface area (TPSA) is 139 Å². The van der Waals surface area contributed by atoms with Crippen molar-refractivity contribution in [2.75, 3.05) is 20.2 Å². The van der Waals surface area contributed by atoms with E-state index in [0.717, 1.165) is 33.4 Å². The molecule has 0 unspecified atom stereocenters. The van der Waals surface area contributed by atoms with E-state index in [1.807, 2.05) is 60.7 Å². The Labute approximate surface area is 292 Å². The van der Waals surface area contributed by atoms with Crippen molar-refractivity contribution < 1.29 is 14.3 Å². The molecule has 2 amide bonds. The Kier molecular flexibility index (Phi) is 9.33. The van der Waals surface area contributed by atoms with Crippen molar-refractivity contribution in [2.45, 2.75) is 38.0 Å². The first-order valence-electron chi connectivity index (χ1n) is 15.9. The number of nitrogens with zero attached hydrogens (tertiary/aromatic N) is 3. The van der Waals surface area contributed by atoms with Crippen LogP contribution in [0.25, 0.3) is 39.2 Å². The highest BCUT2D eigenvalue weighted by Crippen LogP contribution is 2.42. The molecule has 5 heterocycles. The number of fused-ring (bicyclic) bond motifs is 1. The van der Waals surface area contributed by atoms with Crippen LogP contribution in [0.1, 0.15) is 24.0 Å². The fraction of sp³-hybridized carbons (Fsp3) is 0.250. The lowest BCUT2D eigenvalue weighted by Crippen LogP contribution is -2.33. The molecule has 0 bridgehead atoms. The monoisotopic (exact) mass is 697 g/mol. The Hall–Kier alpha value is -4.81. The third-order valence-electron chi connectivity index (χ3n) is 8.90. The van der Waals surface area contributed by atoms with Crippen LogP contribution in [0.3, 0.4) is 0 Å². The zero-order valence-corrected chi connectivity index (χ0v) is 28.1. The summed E-state index contributed by atoms with van der Waals surface area (Å²) in [6.07, 6.45) is 4.11. The van der Waals surface area contributed by atoms with Gasteiger partial charge in [-0.25, -0.2) is 9.97 Å². The van der Waals surface area contributed by atoms with Gasteiger partial charge in [-0.05, 0) is 23.8 Å². The third kappa shape index (κ3) is 6.75. The largest absolute Gasteiger partial charge is 0.481 e. The van der Waals surface area contributed by atoms with Gasteiger partial charge in [-0.15, -0.1) is 0 Å². The fourth-order valence-electron chi connectivity index (χ4n) is 6.24. The van der Waals surface area contributed by atoms with Gasteiger partial charge in [-0.1, -0.05) is 65.7 Å². The Morgan fingerprint density at radius 3 is 2.06 bits per heavy atom. The van der Waals surface area contributed by atoms with Gasteiger partial charge in [0, 0.05) is 91.3 Å². The maximum atomic E-state index is 13.2. The van der Waals surface area contributed by atoms with Gasteiger partial charge in [0.15, 0.2) is 0 Å². The van der Waals surface area contributed by atoms with Crippen molar-refractivity contribution >= 4 is 40.7 Å². The van der Waals surface area contributed by atoms with Crippen molar-refractivity contribution in [2.24, 2.45) is 0 Å². The number of nitrogens with one attached hydrogen (secondary N) is 4. The highest BCUT2D eigenvalue weighted by molar-refractivity contribution is 6.39. The first kappa shape index (κ1) is 32.7. The average Bonchev–Trinajstić information content (AvgIpc) is 3.74. The van der Waals surface area contributed by atoms with Crippen LogP contribution in [0.5, 0.6) is 5.88 Å². The molecule has 2 atom stereocenters. The van der Waals surface area contributed by atoms with E-state index in [2.05, 4.69) is 26.3 Å². The zero-order chi connectivity index (χ0) is 34.1. The van der Waals surface area contributed by atoms with Gasteiger partial charge in [0.1, 0.15) is 5.65 Å². The van der Waals surface area contributed by atoms with E-state index in [-0.39, 0.29) is 29.5 Å². The van der Waals surface area contributed by atoms with Crippen LogP contribution in [0, 0.1) is 0 Å². The second-order valence-corrected chi connectivity index (χ2v) is 12.9. The second-order valence-electron chi connectivity index (χ2n) is 12.1. The smallest absolute Gasteiger partial charge is 0.262 e. The van der Waals surface area contributed by atoms with Crippen LogP contribution in [0.4, 0.5) is 0 Å². The minimum absolute atomic E-state index is 0.00131. The van der Waals surface area contributed by atoms with Crippen LogP contribution in [-0.4, -0.2) is 58.5 Å². The number of hydrogen-bond donors (Lipinski definition) is 4. The molecule has 0 aliphatic carbocycles. The van der Waals surface area contributed by atoms with E-state index >= 15 is 0 Å². The summed E-state index contributed by atoms with van der Waals surface area (Å²) in [5, 5.41) is 13.2. The molecule has 7 rings (SSSR count). The van der Waals surface area contributed by atoms with E-state index < -0.39 is 0 Å². The minimum atomic E-state index is -0.179. The van der Waals surface area contributed by atoms with Gasteiger partial charge in [-0.3, -0.25) is 18.8 Å². The quantitative estimate of drug-likeness (QED) is 0.169. The van der Waals surface area contributed by atoms with Gasteiger partial charge < -0.3 is 26.0 Å². The summed E-state index contributed by atoms with van der Waals surface area (Å²) in [6.45, 7) is 1.96. The summed E-state index contributed by atoms with van der Waals surface area (Å²) in [5.41, 5.74) is 6.08. The molecule has 49 heavy (non-hydrogen) atoms. The first-order valence-corrected chi connectivity index (χ1v) is 16.7. The van der Waals surface area contributed by atoms with Crippen molar-refractivity contribution in [3.05, 3.63) is 105 Å². The molecule has 5 aromatic rings. The Bertz CT molecular complexity index is 2150. The van der Waals surface area contributed by atoms with Crippen molar-refractivity contribution in [1.29, 1.82) is 0 Å². The Balaban J connectivity index is 1.14. The molecule has 2 aliphatic heterocycles. The van der Waals surface area contributed by atoms with E-state index in [1.165, 1.54) is 4.40 Å². The molecule has 4 N–H and O–H groups in total.